The van der Waals surface area contributed by atoms with Crippen LogP contribution in [-0.2, 0) is 0 Å². The van der Waals surface area contributed by atoms with Crippen molar-refractivity contribution < 1.29 is 9.53 Å². The highest BCUT2D eigenvalue weighted by Gasteiger charge is 2.28. The molecule has 1 aromatic carbocycles. The lowest BCUT2D eigenvalue weighted by molar-refractivity contribution is 0.0915. The molecule has 1 saturated carbocycles. The number of hydrogen-bond donors (Lipinski definition) is 2. The van der Waals surface area contributed by atoms with Gasteiger partial charge in [-0.2, -0.15) is 0 Å². The smallest absolute Gasteiger partial charge is 0.255 e. The summed E-state index contributed by atoms with van der Waals surface area (Å²) in [5.74, 6) is 0.664. The van der Waals surface area contributed by atoms with E-state index in [0.717, 1.165) is 18.8 Å². The van der Waals surface area contributed by atoms with Crippen LogP contribution in [0.4, 0.5) is 5.69 Å². The van der Waals surface area contributed by atoms with Crippen LogP contribution in [-0.4, -0.2) is 25.6 Å². The van der Waals surface area contributed by atoms with E-state index < -0.39 is 0 Å². The third-order valence-corrected chi connectivity index (χ3v) is 4.66. The Morgan fingerprint density at radius 3 is 2.95 bits per heavy atom. The van der Waals surface area contributed by atoms with E-state index in [9.17, 15) is 4.79 Å². The van der Waals surface area contributed by atoms with E-state index >= 15 is 0 Å². The second-order valence-electron chi connectivity index (χ2n) is 6.51. The largest absolute Gasteiger partial charge is 0.489 e. The fraction of sp³-hybridized carbons (Fsp3) is 0.588. The number of amides is 1. The number of fused-ring (bicyclic) bond motifs is 1. The van der Waals surface area contributed by atoms with Gasteiger partial charge in [0.05, 0.1) is 11.3 Å². The van der Waals surface area contributed by atoms with E-state index in [4.69, 9.17) is 4.74 Å². The molecule has 1 heterocycles. The van der Waals surface area contributed by atoms with E-state index in [1.165, 1.54) is 32.1 Å². The molecule has 1 aliphatic heterocycles. The highest BCUT2D eigenvalue weighted by Crippen LogP contribution is 2.35. The molecule has 1 aliphatic carbocycles. The molecule has 0 atom stereocenters. The lowest BCUT2D eigenvalue weighted by Crippen LogP contribution is -2.37. The molecule has 0 unspecified atom stereocenters. The number of nitrogens with one attached hydrogen (secondary N) is 2. The number of hydrogen-bond acceptors (Lipinski definition) is 3. The third kappa shape index (κ3) is 3.14. The average Bonchev–Trinajstić information content (AvgIpc) is 2.53. The second-order valence-corrected chi connectivity index (χ2v) is 6.51. The minimum atomic E-state index is -0.0256. The number of carbonyl (C=O) groups is 1. The quantitative estimate of drug-likeness (QED) is 0.898. The van der Waals surface area contributed by atoms with E-state index in [1.54, 1.807) is 0 Å². The van der Waals surface area contributed by atoms with Crippen LogP contribution in [0.2, 0.25) is 0 Å². The zero-order chi connectivity index (χ0) is 14.7. The first-order chi connectivity index (χ1) is 10.2. The lowest BCUT2D eigenvalue weighted by atomic mass is 9.76. The molecule has 0 aromatic heterocycles. The number of ether oxygens (including phenoxy) is 1. The van der Waals surface area contributed by atoms with Crippen molar-refractivity contribution in [2.75, 3.05) is 25.0 Å². The molecule has 2 aliphatic rings. The molecular weight excluding hydrogens is 264 g/mol. The zero-order valence-corrected chi connectivity index (χ0v) is 12.7. The van der Waals surface area contributed by atoms with Crippen molar-refractivity contribution in [3.63, 3.8) is 0 Å². The maximum atomic E-state index is 12.5. The van der Waals surface area contributed by atoms with Gasteiger partial charge in [-0.15, -0.1) is 0 Å². The topological polar surface area (TPSA) is 50.4 Å². The first kappa shape index (κ1) is 14.2. The van der Waals surface area contributed by atoms with Gasteiger partial charge >= 0.3 is 0 Å². The molecule has 0 saturated heterocycles. The van der Waals surface area contributed by atoms with Crippen molar-refractivity contribution in [1.82, 2.24) is 5.32 Å². The standard InChI is InChI=1S/C17H24N2O2/c1-17(8-3-2-4-9-17)12-19-16(20)13-6-5-7-14-15(13)21-11-10-18-14/h5-7,18H,2-4,8-12H2,1H3,(H,19,20). The van der Waals surface area contributed by atoms with Crippen LogP contribution < -0.4 is 15.4 Å². The van der Waals surface area contributed by atoms with Gasteiger partial charge in [0.2, 0.25) is 0 Å². The van der Waals surface area contributed by atoms with Crippen molar-refractivity contribution in [2.45, 2.75) is 39.0 Å². The lowest BCUT2D eigenvalue weighted by Gasteiger charge is -2.33. The third-order valence-electron chi connectivity index (χ3n) is 4.66. The molecule has 3 rings (SSSR count). The summed E-state index contributed by atoms with van der Waals surface area (Å²) < 4.78 is 5.67. The van der Waals surface area contributed by atoms with Gasteiger partial charge in [-0.05, 0) is 30.4 Å². The van der Waals surface area contributed by atoms with Crippen molar-refractivity contribution in [3.8, 4) is 5.75 Å². The van der Waals surface area contributed by atoms with E-state index in [1.807, 2.05) is 18.2 Å². The Balaban J connectivity index is 1.68. The van der Waals surface area contributed by atoms with E-state index in [2.05, 4.69) is 17.6 Å². The molecule has 4 nitrogen and oxygen atoms in total. The normalized spacial score (nSPS) is 19.9. The van der Waals surface area contributed by atoms with Crippen LogP contribution in [0.1, 0.15) is 49.4 Å². The Hall–Kier alpha value is -1.71. The first-order valence-electron chi connectivity index (χ1n) is 7.96. The van der Waals surface area contributed by atoms with Crippen LogP contribution in [0, 0.1) is 5.41 Å². The summed E-state index contributed by atoms with van der Waals surface area (Å²) in [6.07, 6.45) is 6.30. The fourth-order valence-electron chi connectivity index (χ4n) is 3.32. The van der Waals surface area contributed by atoms with Crippen LogP contribution in [0.3, 0.4) is 0 Å². The molecular formula is C17H24N2O2. The molecule has 0 spiro atoms. The van der Waals surface area contributed by atoms with Gasteiger partial charge in [0, 0.05) is 13.1 Å². The Bertz CT molecular complexity index is 522. The van der Waals surface area contributed by atoms with E-state index in [0.29, 0.717) is 17.9 Å². The summed E-state index contributed by atoms with van der Waals surface area (Å²) in [4.78, 5) is 12.5. The van der Waals surface area contributed by atoms with Gasteiger partial charge < -0.3 is 15.4 Å². The van der Waals surface area contributed by atoms with Crippen molar-refractivity contribution in [2.24, 2.45) is 5.41 Å². The number of benzene rings is 1. The summed E-state index contributed by atoms with van der Waals surface area (Å²) in [5, 5.41) is 6.38. The molecule has 4 heteroatoms. The molecule has 2 N–H and O–H groups in total. The summed E-state index contributed by atoms with van der Waals surface area (Å²) in [6.45, 7) is 4.43. The van der Waals surface area contributed by atoms with Gasteiger partial charge in [-0.25, -0.2) is 0 Å². The number of carbonyl (C=O) groups excluding carboxylic acids is 1. The molecule has 0 radical (unpaired) electrons. The monoisotopic (exact) mass is 288 g/mol. The van der Waals surface area contributed by atoms with Gasteiger partial charge in [-0.1, -0.05) is 32.3 Å². The maximum Gasteiger partial charge on any atom is 0.255 e. The van der Waals surface area contributed by atoms with Crippen molar-refractivity contribution in [1.29, 1.82) is 0 Å². The predicted molar refractivity (Wildman–Crippen MR) is 84.0 cm³/mol. The Morgan fingerprint density at radius 1 is 1.33 bits per heavy atom. The Labute approximate surface area is 126 Å². The number of rotatable bonds is 3. The zero-order valence-electron chi connectivity index (χ0n) is 12.7. The van der Waals surface area contributed by atoms with Gasteiger partial charge in [0.1, 0.15) is 6.61 Å². The number of anilines is 1. The van der Waals surface area contributed by atoms with Crippen molar-refractivity contribution in [3.05, 3.63) is 23.8 Å². The molecule has 1 fully saturated rings. The van der Waals surface area contributed by atoms with Gasteiger partial charge in [0.15, 0.2) is 5.75 Å². The molecule has 21 heavy (non-hydrogen) atoms. The Morgan fingerprint density at radius 2 is 2.14 bits per heavy atom. The Kier molecular flexibility index (Phi) is 4.04. The first-order valence-corrected chi connectivity index (χ1v) is 7.96. The highest BCUT2D eigenvalue weighted by atomic mass is 16.5. The summed E-state index contributed by atoms with van der Waals surface area (Å²) >= 11 is 0. The highest BCUT2D eigenvalue weighted by molar-refractivity contribution is 5.99. The summed E-state index contributed by atoms with van der Waals surface area (Å²) in [6, 6.07) is 5.69. The van der Waals surface area contributed by atoms with Crippen LogP contribution in [0.15, 0.2) is 18.2 Å². The fourth-order valence-corrected chi connectivity index (χ4v) is 3.32. The molecule has 114 valence electrons. The van der Waals surface area contributed by atoms with Crippen LogP contribution >= 0.6 is 0 Å². The van der Waals surface area contributed by atoms with Crippen molar-refractivity contribution >= 4 is 11.6 Å². The van der Waals surface area contributed by atoms with Gasteiger partial charge in [-0.3, -0.25) is 4.79 Å². The van der Waals surface area contributed by atoms with Gasteiger partial charge in [0.25, 0.3) is 5.91 Å². The minimum absolute atomic E-state index is 0.0256. The number of para-hydroxylation sites is 1. The molecule has 1 aromatic rings. The molecule has 0 bridgehead atoms. The summed E-state index contributed by atoms with van der Waals surface area (Å²) in [7, 11) is 0. The maximum absolute atomic E-state index is 12.5. The molecule has 1 amide bonds. The second kappa shape index (κ2) is 5.96. The summed E-state index contributed by atoms with van der Waals surface area (Å²) in [5.41, 5.74) is 1.80. The minimum Gasteiger partial charge on any atom is -0.489 e. The SMILES string of the molecule is CC1(CNC(=O)c2cccc3c2OCCN3)CCCCC1. The van der Waals surface area contributed by atoms with Crippen LogP contribution in [0.5, 0.6) is 5.75 Å². The van der Waals surface area contributed by atoms with Crippen LogP contribution in [0.25, 0.3) is 0 Å². The average molecular weight is 288 g/mol. The predicted octanol–water partition coefficient (Wildman–Crippen LogP) is 3.19. The van der Waals surface area contributed by atoms with E-state index in [-0.39, 0.29) is 11.3 Å².